The number of primary amides is 1. The fourth-order valence-electron chi connectivity index (χ4n) is 2.63. The summed E-state index contributed by atoms with van der Waals surface area (Å²) in [5.74, 6) is -0.180. The molecule has 1 aliphatic heterocycles. The van der Waals surface area contributed by atoms with Crippen LogP contribution in [0, 0.1) is 5.92 Å². The van der Waals surface area contributed by atoms with Crippen LogP contribution in [0.2, 0.25) is 5.02 Å². The molecule has 0 radical (unpaired) electrons. The van der Waals surface area contributed by atoms with Crippen LogP contribution in [0.15, 0.2) is 18.2 Å². The summed E-state index contributed by atoms with van der Waals surface area (Å²) in [6, 6.07) is 5.96. The number of nitrogens with zero attached hydrogens (tertiary/aromatic N) is 1. The van der Waals surface area contributed by atoms with Crippen LogP contribution in [0.4, 0.5) is 5.69 Å². The highest BCUT2D eigenvalue weighted by molar-refractivity contribution is 6.33. The van der Waals surface area contributed by atoms with Crippen molar-refractivity contribution in [3.8, 4) is 0 Å². The minimum absolute atomic E-state index is 0.00601. The van der Waals surface area contributed by atoms with Crippen molar-refractivity contribution < 1.29 is 4.79 Å². The molecule has 0 atom stereocenters. The van der Waals surface area contributed by atoms with Crippen molar-refractivity contribution in [1.29, 1.82) is 0 Å². The van der Waals surface area contributed by atoms with E-state index in [1.165, 1.54) is 5.56 Å². The third kappa shape index (κ3) is 3.19. The molecule has 0 unspecified atom stereocenters. The van der Waals surface area contributed by atoms with Crippen molar-refractivity contribution >= 4 is 23.2 Å². The predicted octanol–water partition coefficient (Wildman–Crippen LogP) is 1.76. The standard InChI is InChI=1S/C14H20ClN3O/c1-17-9-11-3-2-4-12(15)13(11)18-7-5-10(6-8-18)14(16)19/h2-4,10,17H,5-9H2,1H3,(H2,16,19). The van der Waals surface area contributed by atoms with E-state index < -0.39 is 0 Å². The van der Waals surface area contributed by atoms with Gasteiger partial charge >= 0.3 is 0 Å². The number of hydrogen-bond acceptors (Lipinski definition) is 3. The molecule has 0 bridgehead atoms. The van der Waals surface area contributed by atoms with Gasteiger partial charge in [0.05, 0.1) is 10.7 Å². The molecule has 1 aliphatic rings. The fraction of sp³-hybridized carbons (Fsp3) is 0.500. The number of carbonyl (C=O) groups excluding carboxylic acids is 1. The Labute approximate surface area is 118 Å². The molecule has 1 saturated heterocycles. The number of piperidine rings is 1. The highest BCUT2D eigenvalue weighted by Gasteiger charge is 2.25. The summed E-state index contributed by atoms with van der Waals surface area (Å²) in [5, 5.41) is 3.93. The average Bonchev–Trinajstić information content (AvgIpc) is 2.39. The Balaban J connectivity index is 2.16. The van der Waals surface area contributed by atoms with E-state index in [1.54, 1.807) is 0 Å². The van der Waals surface area contributed by atoms with E-state index in [2.05, 4.69) is 16.3 Å². The van der Waals surface area contributed by atoms with Crippen LogP contribution >= 0.6 is 11.6 Å². The molecule has 3 N–H and O–H groups in total. The van der Waals surface area contributed by atoms with Crippen molar-refractivity contribution in [3.63, 3.8) is 0 Å². The predicted molar refractivity (Wildman–Crippen MR) is 78.3 cm³/mol. The molecule has 104 valence electrons. The first-order valence-electron chi connectivity index (χ1n) is 6.59. The van der Waals surface area contributed by atoms with Gasteiger partial charge in [-0.3, -0.25) is 4.79 Å². The Morgan fingerprint density at radius 3 is 2.74 bits per heavy atom. The molecular formula is C14H20ClN3O. The van der Waals surface area contributed by atoms with E-state index in [1.807, 2.05) is 19.2 Å². The maximum absolute atomic E-state index is 11.2. The minimum Gasteiger partial charge on any atom is -0.370 e. The van der Waals surface area contributed by atoms with Crippen LogP contribution in [0.25, 0.3) is 0 Å². The molecule has 1 amide bonds. The molecule has 0 saturated carbocycles. The second kappa shape index (κ2) is 6.26. The van der Waals surface area contributed by atoms with E-state index in [0.29, 0.717) is 0 Å². The molecule has 0 spiro atoms. The van der Waals surface area contributed by atoms with Crippen molar-refractivity contribution in [1.82, 2.24) is 5.32 Å². The maximum atomic E-state index is 11.2. The molecule has 0 aliphatic carbocycles. The lowest BCUT2D eigenvalue weighted by atomic mass is 9.95. The summed E-state index contributed by atoms with van der Waals surface area (Å²) in [6.07, 6.45) is 1.61. The number of nitrogens with two attached hydrogens (primary N) is 1. The van der Waals surface area contributed by atoms with E-state index in [9.17, 15) is 4.79 Å². The zero-order chi connectivity index (χ0) is 13.8. The third-order valence-corrected chi connectivity index (χ3v) is 3.96. The van der Waals surface area contributed by atoms with E-state index in [4.69, 9.17) is 17.3 Å². The highest BCUT2D eigenvalue weighted by Crippen LogP contribution is 2.33. The lowest BCUT2D eigenvalue weighted by Crippen LogP contribution is -2.39. The van der Waals surface area contributed by atoms with Crippen molar-refractivity contribution in [3.05, 3.63) is 28.8 Å². The molecule has 2 rings (SSSR count). The van der Waals surface area contributed by atoms with Crippen molar-refractivity contribution in [2.75, 3.05) is 25.0 Å². The number of amides is 1. The van der Waals surface area contributed by atoms with Gasteiger partial charge in [0.2, 0.25) is 5.91 Å². The summed E-state index contributed by atoms with van der Waals surface area (Å²) in [5.41, 5.74) is 7.64. The zero-order valence-electron chi connectivity index (χ0n) is 11.2. The van der Waals surface area contributed by atoms with Crippen LogP contribution in [-0.2, 0) is 11.3 Å². The monoisotopic (exact) mass is 281 g/mol. The summed E-state index contributed by atoms with van der Waals surface area (Å²) >= 11 is 6.34. The van der Waals surface area contributed by atoms with Gasteiger partial charge in [-0.1, -0.05) is 23.7 Å². The topological polar surface area (TPSA) is 58.4 Å². The Kier molecular flexibility index (Phi) is 4.66. The zero-order valence-corrected chi connectivity index (χ0v) is 11.9. The fourth-order valence-corrected chi connectivity index (χ4v) is 2.95. The lowest BCUT2D eigenvalue weighted by Gasteiger charge is -2.34. The molecule has 1 heterocycles. The smallest absolute Gasteiger partial charge is 0.220 e. The largest absolute Gasteiger partial charge is 0.370 e. The highest BCUT2D eigenvalue weighted by atomic mass is 35.5. The van der Waals surface area contributed by atoms with E-state index >= 15 is 0 Å². The van der Waals surface area contributed by atoms with Gasteiger partial charge in [0.25, 0.3) is 0 Å². The maximum Gasteiger partial charge on any atom is 0.220 e. The molecule has 0 aromatic heterocycles. The van der Waals surface area contributed by atoms with Crippen LogP contribution in [-0.4, -0.2) is 26.0 Å². The molecular weight excluding hydrogens is 262 g/mol. The molecule has 19 heavy (non-hydrogen) atoms. The lowest BCUT2D eigenvalue weighted by molar-refractivity contribution is -0.122. The van der Waals surface area contributed by atoms with Crippen LogP contribution in [0.5, 0.6) is 0 Å². The van der Waals surface area contributed by atoms with Gasteiger partial charge in [-0.25, -0.2) is 0 Å². The first-order valence-corrected chi connectivity index (χ1v) is 6.97. The first-order chi connectivity index (χ1) is 9.13. The Morgan fingerprint density at radius 2 is 2.16 bits per heavy atom. The number of hydrogen-bond donors (Lipinski definition) is 2. The van der Waals surface area contributed by atoms with Gasteiger partial charge in [0, 0.05) is 25.6 Å². The van der Waals surface area contributed by atoms with E-state index in [-0.39, 0.29) is 11.8 Å². The molecule has 1 aromatic carbocycles. The SMILES string of the molecule is CNCc1cccc(Cl)c1N1CCC(C(N)=O)CC1. The Morgan fingerprint density at radius 1 is 1.47 bits per heavy atom. The summed E-state index contributed by atoms with van der Waals surface area (Å²) in [7, 11) is 1.92. The van der Waals surface area contributed by atoms with Gasteiger partial charge in [-0.2, -0.15) is 0 Å². The molecule has 1 fully saturated rings. The van der Waals surface area contributed by atoms with Crippen molar-refractivity contribution in [2.45, 2.75) is 19.4 Å². The molecule has 5 heteroatoms. The number of rotatable bonds is 4. The van der Waals surface area contributed by atoms with Gasteiger partial charge in [-0.05, 0) is 31.5 Å². The minimum atomic E-state index is -0.186. The van der Waals surface area contributed by atoms with Crippen LogP contribution in [0.3, 0.4) is 0 Å². The normalized spacial score (nSPS) is 16.6. The van der Waals surface area contributed by atoms with E-state index in [0.717, 1.165) is 43.2 Å². The summed E-state index contributed by atoms with van der Waals surface area (Å²) < 4.78 is 0. The quantitative estimate of drug-likeness (QED) is 0.884. The summed E-state index contributed by atoms with van der Waals surface area (Å²) in [4.78, 5) is 13.5. The second-order valence-corrected chi connectivity index (χ2v) is 5.35. The van der Waals surface area contributed by atoms with Crippen molar-refractivity contribution in [2.24, 2.45) is 11.7 Å². The third-order valence-electron chi connectivity index (χ3n) is 3.65. The summed E-state index contributed by atoms with van der Waals surface area (Å²) in [6.45, 7) is 2.44. The first kappa shape index (κ1) is 14.2. The Bertz CT molecular complexity index is 456. The Hall–Kier alpha value is -1.26. The van der Waals surface area contributed by atoms with Crippen LogP contribution in [0.1, 0.15) is 18.4 Å². The van der Waals surface area contributed by atoms with Gasteiger partial charge in [-0.15, -0.1) is 0 Å². The van der Waals surface area contributed by atoms with Crippen LogP contribution < -0.4 is 16.0 Å². The average molecular weight is 282 g/mol. The van der Waals surface area contributed by atoms with Gasteiger partial charge < -0.3 is 16.0 Å². The number of benzene rings is 1. The number of carbonyl (C=O) groups is 1. The van der Waals surface area contributed by atoms with Gasteiger partial charge in [0.1, 0.15) is 0 Å². The van der Waals surface area contributed by atoms with Gasteiger partial charge in [0.15, 0.2) is 0 Å². The number of nitrogens with one attached hydrogen (secondary N) is 1. The number of halogens is 1. The second-order valence-electron chi connectivity index (χ2n) is 4.94. The number of para-hydroxylation sites is 1. The number of anilines is 1. The molecule has 1 aromatic rings. The molecule has 4 nitrogen and oxygen atoms in total.